The first-order chi connectivity index (χ1) is 11.1. The highest BCUT2D eigenvalue weighted by Gasteiger charge is 2.10. The highest BCUT2D eigenvalue weighted by Crippen LogP contribution is 2.10. The van der Waals surface area contributed by atoms with Crippen molar-refractivity contribution in [2.45, 2.75) is 26.3 Å². The summed E-state index contributed by atoms with van der Waals surface area (Å²) in [5, 5.41) is 5.19. The molecule has 0 aromatic heterocycles. The number of hydrogen-bond donors (Lipinski definition) is 2. The van der Waals surface area contributed by atoms with Crippen molar-refractivity contribution >= 4 is 17.5 Å². The van der Waals surface area contributed by atoms with E-state index < -0.39 is 11.8 Å². The Labute approximate surface area is 134 Å². The van der Waals surface area contributed by atoms with Gasteiger partial charge in [0.05, 0.1) is 0 Å². The number of carbonyl (C=O) groups is 2. The molecule has 0 atom stereocenters. The van der Waals surface area contributed by atoms with Crippen molar-refractivity contribution < 1.29 is 14.0 Å². The number of benzene rings is 2. The third kappa shape index (κ3) is 5.21. The van der Waals surface area contributed by atoms with Crippen LogP contribution in [0.25, 0.3) is 0 Å². The second-order valence-corrected chi connectivity index (χ2v) is 5.14. The third-order valence-corrected chi connectivity index (χ3v) is 3.40. The second-order valence-electron chi connectivity index (χ2n) is 5.14. The molecule has 0 saturated heterocycles. The summed E-state index contributed by atoms with van der Waals surface area (Å²) in [7, 11) is 0. The highest BCUT2D eigenvalue weighted by molar-refractivity contribution is 6.03. The summed E-state index contributed by atoms with van der Waals surface area (Å²) < 4.78 is 13.4. The number of halogens is 1. The van der Waals surface area contributed by atoms with Gasteiger partial charge in [0.25, 0.3) is 0 Å². The molecule has 0 unspecified atom stereocenters. The molecule has 0 aliphatic rings. The van der Waals surface area contributed by atoms with Crippen LogP contribution < -0.4 is 10.6 Å². The molecule has 0 fully saturated rings. The van der Waals surface area contributed by atoms with Crippen molar-refractivity contribution in [3.8, 4) is 0 Å². The molecule has 2 aromatic rings. The highest BCUT2D eigenvalue weighted by atomic mass is 19.1. The molecule has 0 spiro atoms. The monoisotopic (exact) mass is 314 g/mol. The fourth-order valence-electron chi connectivity index (χ4n) is 2.07. The summed E-state index contributed by atoms with van der Waals surface area (Å²) in [6, 6.07) is 13.6. The molecule has 0 saturated carbocycles. The van der Waals surface area contributed by atoms with Gasteiger partial charge in [0.2, 0.25) is 11.8 Å². The summed E-state index contributed by atoms with van der Waals surface area (Å²) in [5.74, 6) is -1.23. The topological polar surface area (TPSA) is 58.2 Å². The molecule has 0 bridgehead atoms. The van der Waals surface area contributed by atoms with Gasteiger partial charge in [-0.1, -0.05) is 37.3 Å². The Morgan fingerprint density at radius 1 is 1.00 bits per heavy atom. The van der Waals surface area contributed by atoms with Crippen LogP contribution in [0.4, 0.5) is 10.1 Å². The predicted octanol–water partition coefficient (Wildman–Crippen LogP) is 3.03. The van der Waals surface area contributed by atoms with E-state index in [4.69, 9.17) is 0 Å². The number of carbonyl (C=O) groups excluding carboxylic acids is 2. The zero-order valence-electron chi connectivity index (χ0n) is 12.9. The van der Waals surface area contributed by atoms with Crippen LogP contribution in [0.15, 0.2) is 48.5 Å². The molecule has 2 amide bonds. The summed E-state index contributed by atoms with van der Waals surface area (Å²) in [4.78, 5) is 23.5. The molecule has 0 aliphatic carbocycles. The zero-order valence-corrected chi connectivity index (χ0v) is 12.9. The molecule has 2 rings (SSSR count). The van der Waals surface area contributed by atoms with Crippen molar-refractivity contribution in [1.29, 1.82) is 0 Å². The average Bonchev–Trinajstić information content (AvgIpc) is 2.54. The van der Waals surface area contributed by atoms with Crippen molar-refractivity contribution in [2.24, 2.45) is 0 Å². The lowest BCUT2D eigenvalue weighted by atomic mass is 10.1. The lowest BCUT2D eigenvalue weighted by Crippen LogP contribution is -2.28. The van der Waals surface area contributed by atoms with Crippen molar-refractivity contribution in [2.75, 3.05) is 5.32 Å². The molecule has 2 aromatic carbocycles. The van der Waals surface area contributed by atoms with E-state index in [-0.39, 0.29) is 18.8 Å². The summed E-state index contributed by atoms with van der Waals surface area (Å²) >= 11 is 0. The fourth-order valence-corrected chi connectivity index (χ4v) is 2.07. The van der Waals surface area contributed by atoms with Gasteiger partial charge >= 0.3 is 0 Å². The minimum Gasteiger partial charge on any atom is -0.351 e. The zero-order chi connectivity index (χ0) is 16.7. The molecule has 0 radical (unpaired) electrons. The smallest absolute Gasteiger partial charge is 0.233 e. The number of anilines is 1. The van der Waals surface area contributed by atoms with E-state index in [0.29, 0.717) is 11.3 Å². The van der Waals surface area contributed by atoms with Gasteiger partial charge in [0.15, 0.2) is 0 Å². The van der Waals surface area contributed by atoms with Crippen LogP contribution in [0, 0.1) is 5.82 Å². The normalized spacial score (nSPS) is 10.2. The predicted molar refractivity (Wildman–Crippen MR) is 87.3 cm³/mol. The van der Waals surface area contributed by atoms with Crippen LogP contribution in [-0.2, 0) is 22.6 Å². The first kappa shape index (κ1) is 16.7. The SMILES string of the molecule is CCc1ccc(NC(=O)CC(=O)NCc2ccccc2F)cc1. The molecule has 5 heteroatoms. The number of amides is 2. The second kappa shape index (κ2) is 8.08. The van der Waals surface area contributed by atoms with Crippen LogP contribution in [-0.4, -0.2) is 11.8 Å². The molecular weight excluding hydrogens is 295 g/mol. The number of aryl methyl sites for hydroxylation is 1. The van der Waals surface area contributed by atoms with Gasteiger partial charge in [-0.05, 0) is 30.2 Å². The van der Waals surface area contributed by atoms with Gasteiger partial charge in [0.1, 0.15) is 12.2 Å². The van der Waals surface area contributed by atoms with Gasteiger partial charge < -0.3 is 10.6 Å². The summed E-state index contributed by atoms with van der Waals surface area (Å²) in [5.41, 5.74) is 2.20. The van der Waals surface area contributed by atoms with E-state index in [1.807, 2.05) is 19.1 Å². The maximum absolute atomic E-state index is 13.4. The van der Waals surface area contributed by atoms with Gasteiger partial charge in [-0.25, -0.2) is 4.39 Å². The van der Waals surface area contributed by atoms with Gasteiger partial charge in [0, 0.05) is 17.8 Å². The summed E-state index contributed by atoms with van der Waals surface area (Å²) in [6.45, 7) is 2.11. The Morgan fingerprint density at radius 2 is 1.70 bits per heavy atom. The molecule has 2 N–H and O–H groups in total. The first-order valence-electron chi connectivity index (χ1n) is 7.47. The minimum atomic E-state index is -0.448. The fraction of sp³-hybridized carbons (Fsp3) is 0.222. The maximum Gasteiger partial charge on any atom is 0.233 e. The van der Waals surface area contributed by atoms with Crippen molar-refractivity contribution in [3.05, 3.63) is 65.5 Å². The van der Waals surface area contributed by atoms with E-state index >= 15 is 0 Å². The Kier molecular flexibility index (Phi) is 5.86. The molecular formula is C18H19FN2O2. The lowest BCUT2D eigenvalue weighted by molar-refractivity contribution is -0.126. The van der Waals surface area contributed by atoms with Crippen LogP contribution in [0.5, 0.6) is 0 Å². The van der Waals surface area contributed by atoms with Crippen LogP contribution in [0.1, 0.15) is 24.5 Å². The maximum atomic E-state index is 13.4. The molecule has 0 aliphatic heterocycles. The first-order valence-corrected chi connectivity index (χ1v) is 7.47. The quantitative estimate of drug-likeness (QED) is 0.805. The molecule has 0 heterocycles. The average molecular weight is 314 g/mol. The largest absolute Gasteiger partial charge is 0.351 e. The number of hydrogen-bond acceptors (Lipinski definition) is 2. The third-order valence-electron chi connectivity index (χ3n) is 3.40. The van der Waals surface area contributed by atoms with Gasteiger partial charge in [-0.2, -0.15) is 0 Å². The van der Waals surface area contributed by atoms with E-state index in [1.54, 1.807) is 30.3 Å². The van der Waals surface area contributed by atoms with E-state index in [2.05, 4.69) is 10.6 Å². The lowest BCUT2D eigenvalue weighted by Gasteiger charge is -2.08. The van der Waals surface area contributed by atoms with E-state index in [9.17, 15) is 14.0 Å². The van der Waals surface area contributed by atoms with Crippen molar-refractivity contribution in [1.82, 2.24) is 5.32 Å². The number of nitrogens with one attached hydrogen (secondary N) is 2. The molecule has 120 valence electrons. The van der Waals surface area contributed by atoms with Crippen LogP contribution in [0.2, 0.25) is 0 Å². The summed E-state index contributed by atoms with van der Waals surface area (Å²) in [6.07, 6.45) is 0.622. The Bertz CT molecular complexity index is 684. The standard InChI is InChI=1S/C18H19FN2O2/c1-2-13-7-9-15(10-8-13)21-18(23)11-17(22)20-12-14-5-3-4-6-16(14)19/h3-10H,2,11-12H2,1H3,(H,20,22)(H,21,23). The minimum absolute atomic E-state index is 0.0595. The van der Waals surface area contributed by atoms with E-state index in [0.717, 1.165) is 6.42 Å². The Hall–Kier alpha value is -2.69. The van der Waals surface area contributed by atoms with Crippen LogP contribution in [0.3, 0.4) is 0 Å². The molecule has 4 nitrogen and oxygen atoms in total. The Balaban J connectivity index is 1.80. The van der Waals surface area contributed by atoms with Gasteiger partial charge in [-0.3, -0.25) is 9.59 Å². The van der Waals surface area contributed by atoms with Gasteiger partial charge in [-0.15, -0.1) is 0 Å². The van der Waals surface area contributed by atoms with Crippen LogP contribution >= 0.6 is 0 Å². The van der Waals surface area contributed by atoms with Crippen molar-refractivity contribution in [3.63, 3.8) is 0 Å². The number of rotatable bonds is 6. The molecule has 23 heavy (non-hydrogen) atoms. The van der Waals surface area contributed by atoms with E-state index in [1.165, 1.54) is 11.6 Å². The Morgan fingerprint density at radius 3 is 2.35 bits per heavy atom.